The Hall–Kier alpha value is -1.16. The van der Waals surface area contributed by atoms with E-state index < -0.39 is 0 Å². The van der Waals surface area contributed by atoms with Gasteiger partial charge >= 0.3 is 0 Å². The lowest BCUT2D eigenvalue weighted by Gasteiger charge is -2.23. The van der Waals surface area contributed by atoms with Crippen molar-refractivity contribution in [2.75, 3.05) is 18.5 Å². The first-order chi connectivity index (χ1) is 7.75. The summed E-state index contributed by atoms with van der Waals surface area (Å²) in [4.78, 5) is 8.68. The van der Waals surface area contributed by atoms with Gasteiger partial charge < -0.3 is 10.1 Å². The fraction of sp³-hybridized carbons (Fsp3) is 0.667. The van der Waals surface area contributed by atoms with Gasteiger partial charge in [-0.25, -0.2) is 9.97 Å². The van der Waals surface area contributed by atoms with Crippen LogP contribution in [0.4, 0.5) is 5.69 Å². The third-order valence-electron chi connectivity index (χ3n) is 2.78. The molecular formula is C12H19N3O. The third kappa shape index (κ3) is 2.92. The van der Waals surface area contributed by atoms with Crippen molar-refractivity contribution in [3.63, 3.8) is 0 Å². The van der Waals surface area contributed by atoms with Crippen LogP contribution in [0.15, 0.2) is 12.4 Å². The number of hydrogen-bond donors (Lipinski definition) is 1. The molecule has 0 bridgehead atoms. The molecule has 0 atom stereocenters. The lowest BCUT2D eigenvalue weighted by molar-refractivity contribution is 0.0904. The fourth-order valence-electron chi connectivity index (χ4n) is 1.79. The maximum Gasteiger partial charge on any atom is 0.130 e. The number of anilines is 1. The predicted molar refractivity (Wildman–Crippen MR) is 63.6 cm³/mol. The highest BCUT2D eigenvalue weighted by Crippen LogP contribution is 2.15. The molecule has 4 nitrogen and oxygen atoms in total. The Morgan fingerprint density at radius 3 is 2.44 bits per heavy atom. The monoisotopic (exact) mass is 221 g/mol. The van der Waals surface area contributed by atoms with Gasteiger partial charge in [0.05, 0.1) is 18.1 Å². The highest BCUT2D eigenvalue weighted by Gasteiger charge is 2.13. The molecule has 1 aliphatic rings. The van der Waals surface area contributed by atoms with Crippen molar-refractivity contribution >= 4 is 5.69 Å². The van der Waals surface area contributed by atoms with E-state index in [4.69, 9.17) is 4.74 Å². The summed E-state index contributed by atoms with van der Waals surface area (Å²) in [5, 5.41) is 3.44. The fourth-order valence-corrected chi connectivity index (χ4v) is 1.79. The molecule has 1 aromatic rings. The zero-order chi connectivity index (χ0) is 11.4. The zero-order valence-corrected chi connectivity index (χ0v) is 9.94. The molecule has 1 fully saturated rings. The number of ether oxygens (including phenoxy) is 1. The molecular weight excluding hydrogens is 202 g/mol. The molecule has 1 N–H and O–H groups in total. The SMILES string of the molecule is CC(C)c1ncc(NC2CCOCC2)cn1. The minimum atomic E-state index is 0.386. The van der Waals surface area contributed by atoms with Crippen LogP contribution in [0.3, 0.4) is 0 Å². The Morgan fingerprint density at radius 2 is 1.88 bits per heavy atom. The highest BCUT2D eigenvalue weighted by molar-refractivity contribution is 5.39. The molecule has 1 aromatic heterocycles. The van der Waals surface area contributed by atoms with Crippen molar-refractivity contribution in [3.8, 4) is 0 Å². The first-order valence-electron chi connectivity index (χ1n) is 5.92. The van der Waals surface area contributed by atoms with Gasteiger partial charge in [-0.05, 0) is 12.8 Å². The molecule has 0 spiro atoms. The van der Waals surface area contributed by atoms with Gasteiger partial charge in [0.25, 0.3) is 0 Å². The molecule has 0 radical (unpaired) electrons. The zero-order valence-electron chi connectivity index (χ0n) is 9.94. The van der Waals surface area contributed by atoms with Crippen LogP contribution in [0.25, 0.3) is 0 Å². The molecule has 2 rings (SSSR count). The molecule has 16 heavy (non-hydrogen) atoms. The van der Waals surface area contributed by atoms with E-state index >= 15 is 0 Å². The van der Waals surface area contributed by atoms with Gasteiger partial charge in [0.15, 0.2) is 0 Å². The number of rotatable bonds is 3. The van der Waals surface area contributed by atoms with Crippen LogP contribution >= 0.6 is 0 Å². The van der Waals surface area contributed by atoms with Crippen LogP contribution in [0.2, 0.25) is 0 Å². The molecule has 0 aliphatic carbocycles. The lowest BCUT2D eigenvalue weighted by Crippen LogP contribution is -2.27. The average Bonchev–Trinajstić information content (AvgIpc) is 2.31. The summed E-state index contributed by atoms with van der Waals surface area (Å²) in [5.41, 5.74) is 1.01. The largest absolute Gasteiger partial charge is 0.381 e. The normalized spacial score (nSPS) is 17.7. The predicted octanol–water partition coefficient (Wildman–Crippen LogP) is 2.19. The molecule has 88 valence electrons. The lowest BCUT2D eigenvalue weighted by atomic mass is 10.1. The van der Waals surface area contributed by atoms with E-state index in [0.29, 0.717) is 12.0 Å². The molecule has 0 aromatic carbocycles. The first-order valence-corrected chi connectivity index (χ1v) is 5.92. The van der Waals surface area contributed by atoms with Crippen LogP contribution in [0.5, 0.6) is 0 Å². The van der Waals surface area contributed by atoms with E-state index in [0.717, 1.165) is 37.6 Å². The summed E-state index contributed by atoms with van der Waals surface area (Å²) >= 11 is 0. The van der Waals surface area contributed by atoms with E-state index in [1.165, 1.54) is 0 Å². The van der Waals surface area contributed by atoms with E-state index in [-0.39, 0.29) is 0 Å². The van der Waals surface area contributed by atoms with Gasteiger partial charge in [-0.1, -0.05) is 13.8 Å². The molecule has 1 saturated heterocycles. The molecule has 0 saturated carbocycles. The number of aromatic nitrogens is 2. The van der Waals surface area contributed by atoms with Crippen molar-refractivity contribution in [2.45, 2.75) is 38.6 Å². The third-order valence-corrected chi connectivity index (χ3v) is 2.78. The second-order valence-corrected chi connectivity index (χ2v) is 4.52. The van der Waals surface area contributed by atoms with Gasteiger partial charge in [0, 0.05) is 25.2 Å². The number of hydrogen-bond acceptors (Lipinski definition) is 4. The van der Waals surface area contributed by atoms with Gasteiger partial charge in [-0.3, -0.25) is 0 Å². The Morgan fingerprint density at radius 1 is 1.25 bits per heavy atom. The van der Waals surface area contributed by atoms with Crippen LogP contribution in [0.1, 0.15) is 38.4 Å². The summed E-state index contributed by atoms with van der Waals surface area (Å²) in [7, 11) is 0. The average molecular weight is 221 g/mol. The van der Waals surface area contributed by atoms with Crippen LogP contribution in [-0.2, 0) is 4.74 Å². The summed E-state index contributed by atoms with van der Waals surface area (Å²) in [6.07, 6.45) is 5.87. The Labute approximate surface area is 96.4 Å². The number of nitrogens with zero attached hydrogens (tertiary/aromatic N) is 2. The summed E-state index contributed by atoms with van der Waals surface area (Å²) in [6, 6.07) is 0.502. The van der Waals surface area contributed by atoms with Crippen molar-refractivity contribution in [3.05, 3.63) is 18.2 Å². The maximum absolute atomic E-state index is 5.32. The minimum Gasteiger partial charge on any atom is -0.381 e. The highest BCUT2D eigenvalue weighted by atomic mass is 16.5. The number of nitrogens with one attached hydrogen (secondary N) is 1. The summed E-state index contributed by atoms with van der Waals surface area (Å²) in [5.74, 6) is 1.29. The second kappa shape index (κ2) is 5.25. The van der Waals surface area contributed by atoms with Crippen molar-refractivity contribution in [2.24, 2.45) is 0 Å². The first kappa shape index (κ1) is 11.3. The standard InChI is InChI=1S/C12H19N3O/c1-9(2)12-13-7-11(8-14-12)15-10-3-5-16-6-4-10/h7-10,15H,3-6H2,1-2H3. The van der Waals surface area contributed by atoms with Crippen molar-refractivity contribution in [1.82, 2.24) is 9.97 Å². The van der Waals surface area contributed by atoms with Gasteiger partial charge in [0.1, 0.15) is 5.82 Å². The molecule has 0 amide bonds. The van der Waals surface area contributed by atoms with E-state index in [9.17, 15) is 0 Å². The topological polar surface area (TPSA) is 47.0 Å². The second-order valence-electron chi connectivity index (χ2n) is 4.52. The van der Waals surface area contributed by atoms with E-state index in [1.807, 2.05) is 12.4 Å². The van der Waals surface area contributed by atoms with E-state index in [1.54, 1.807) is 0 Å². The van der Waals surface area contributed by atoms with Gasteiger partial charge in [0.2, 0.25) is 0 Å². The molecule has 0 unspecified atom stereocenters. The quantitative estimate of drug-likeness (QED) is 0.850. The van der Waals surface area contributed by atoms with Crippen LogP contribution in [0, 0.1) is 0 Å². The molecule has 4 heteroatoms. The van der Waals surface area contributed by atoms with Gasteiger partial charge in [-0.2, -0.15) is 0 Å². The Balaban J connectivity index is 1.93. The van der Waals surface area contributed by atoms with Gasteiger partial charge in [-0.15, -0.1) is 0 Å². The molecule has 2 heterocycles. The Kier molecular flexibility index (Phi) is 3.72. The van der Waals surface area contributed by atoms with Crippen LogP contribution in [-0.4, -0.2) is 29.2 Å². The van der Waals surface area contributed by atoms with Crippen molar-refractivity contribution < 1.29 is 4.74 Å². The van der Waals surface area contributed by atoms with Crippen LogP contribution < -0.4 is 5.32 Å². The van der Waals surface area contributed by atoms with E-state index in [2.05, 4.69) is 29.1 Å². The molecule has 1 aliphatic heterocycles. The van der Waals surface area contributed by atoms with Crippen molar-refractivity contribution in [1.29, 1.82) is 0 Å². The Bertz CT molecular complexity index is 318. The summed E-state index contributed by atoms with van der Waals surface area (Å²) < 4.78 is 5.32. The summed E-state index contributed by atoms with van der Waals surface area (Å²) in [6.45, 7) is 5.90. The maximum atomic E-state index is 5.32. The smallest absolute Gasteiger partial charge is 0.130 e. The minimum absolute atomic E-state index is 0.386.